The van der Waals surface area contributed by atoms with Crippen LogP contribution in [0.1, 0.15) is 15.9 Å². The Morgan fingerprint density at radius 3 is 2.33 bits per heavy atom. The molecule has 0 atom stereocenters. The van der Waals surface area contributed by atoms with Crippen LogP contribution in [0.25, 0.3) is 0 Å². The molecule has 0 aliphatic carbocycles. The number of hydrogen-bond donors (Lipinski definition) is 0. The van der Waals surface area contributed by atoms with E-state index in [1.54, 1.807) is 47.6 Å². The number of benzene rings is 2. The number of hydrogen-bond acceptors (Lipinski definition) is 2. The van der Waals surface area contributed by atoms with Gasteiger partial charge in [0.15, 0.2) is 0 Å². The van der Waals surface area contributed by atoms with Gasteiger partial charge in [-0.05, 0) is 35.9 Å². The summed E-state index contributed by atoms with van der Waals surface area (Å²) in [6.45, 7) is 0.406. The molecule has 120 valence electrons. The van der Waals surface area contributed by atoms with Crippen molar-refractivity contribution in [3.63, 3.8) is 0 Å². The monoisotopic (exact) mass is 356 g/mol. The second-order valence-electron chi connectivity index (χ2n) is 5.21. The number of pyridine rings is 1. The van der Waals surface area contributed by atoms with Crippen LogP contribution in [0.3, 0.4) is 0 Å². The number of halogens is 2. The molecule has 0 fully saturated rings. The lowest BCUT2D eigenvalue weighted by molar-refractivity contribution is 0.0985. The van der Waals surface area contributed by atoms with Crippen LogP contribution < -0.4 is 4.90 Å². The summed E-state index contributed by atoms with van der Waals surface area (Å²) >= 11 is 12.3. The molecule has 0 radical (unpaired) electrons. The predicted molar refractivity (Wildman–Crippen MR) is 97.7 cm³/mol. The number of carbonyl (C=O) groups is 1. The van der Waals surface area contributed by atoms with Gasteiger partial charge in [-0.2, -0.15) is 0 Å². The molecule has 0 saturated carbocycles. The molecule has 3 aromatic rings. The maximum Gasteiger partial charge on any atom is 0.258 e. The number of amides is 1. The predicted octanol–water partition coefficient (Wildman–Crippen LogP) is 5.24. The van der Waals surface area contributed by atoms with Crippen LogP contribution in [0.5, 0.6) is 0 Å². The third-order valence-corrected chi connectivity index (χ3v) is 4.09. The fourth-order valence-electron chi connectivity index (χ4n) is 2.38. The molecule has 1 amide bonds. The van der Waals surface area contributed by atoms with Gasteiger partial charge in [0.2, 0.25) is 0 Å². The van der Waals surface area contributed by atoms with Crippen molar-refractivity contribution in [2.24, 2.45) is 0 Å². The first-order chi connectivity index (χ1) is 11.6. The minimum Gasteiger partial charge on any atom is -0.302 e. The highest BCUT2D eigenvalue weighted by Crippen LogP contribution is 2.31. The highest BCUT2D eigenvalue weighted by molar-refractivity contribution is 6.37. The Hall–Kier alpha value is -2.36. The minimum atomic E-state index is -0.148. The molecule has 2 aromatic carbocycles. The smallest absolute Gasteiger partial charge is 0.258 e. The minimum absolute atomic E-state index is 0.148. The summed E-state index contributed by atoms with van der Waals surface area (Å²) in [6, 6.07) is 18.2. The summed E-state index contributed by atoms with van der Waals surface area (Å²) in [4.78, 5) is 18.6. The van der Waals surface area contributed by atoms with Crippen LogP contribution >= 0.6 is 23.2 Å². The molecular weight excluding hydrogens is 343 g/mol. The molecule has 0 saturated heterocycles. The van der Waals surface area contributed by atoms with E-state index >= 15 is 0 Å². The van der Waals surface area contributed by atoms with Crippen LogP contribution in [0.2, 0.25) is 10.0 Å². The van der Waals surface area contributed by atoms with E-state index in [0.29, 0.717) is 27.8 Å². The summed E-state index contributed by atoms with van der Waals surface area (Å²) < 4.78 is 0. The van der Waals surface area contributed by atoms with Crippen LogP contribution in [0, 0.1) is 0 Å². The highest BCUT2D eigenvalue weighted by atomic mass is 35.5. The zero-order chi connectivity index (χ0) is 16.9. The lowest BCUT2D eigenvalue weighted by atomic mass is 10.1. The van der Waals surface area contributed by atoms with E-state index in [0.717, 1.165) is 5.56 Å². The van der Waals surface area contributed by atoms with E-state index in [1.165, 1.54) is 0 Å². The second kappa shape index (κ2) is 7.47. The number of nitrogens with zero attached hydrogens (tertiary/aromatic N) is 2. The van der Waals surface area contributed by atoms with E-state index < -0.39 is 0 Å². The van der Waals surface area contributed by atoms with E-state index in [9.17, 15) is 4.79 Å². The molecule has 0 N–H and O–H groups in total. The van der Waals surface area contributed by atoms with E-state index in [4.69, 9.17) is 23.2 Å². The Morgan fingerprint density at radius 2 is 1.67 bits per heavy atom. The standard InChI is InChI=1S/C19H14Cl2N2O/c20-16-6-7-18(17(21)12-16)23(13-14-4-2-1-3-5-14)19(24)15-8-10-22-11-9-15/h1-12H,13H2. The van der Waals surface area contributed by atoms with Crippen LogP contribution in [-0.2, 0) is 6.54 Å². The van der Waals surface area contributed by atoms with Gasteiger partial charge in [0.25, 0.3) is 5.91 Å². The molecule has 0 bridgehead atoms. The molecule has 5 heteroatoms. The third-order valence-electron chi connectivity index (χ3n) is 3.56. The van der Waals surface area contributed by atoms with Gasteiger partial charge in [-0.3, -0.25) is 9.78 Å². The fourth-order valence-corrected chi connectivity index (χ4v) is 2.89. The maximum absolute atomic E-state index is 13.0. The third kappa shape index (κ3) is 3.75. The van der Waals surface area contributed by atoms with Crippen LogP contribution in [0.4, 0.5) is 5.69 Å². The molecule has 0 unspecified atom stereocenters. The van der Waals surface area contributed by atoms with Crippen LogP contribution in [-0.4, -0.2) is 10.9 Å². The van der Waals surface area contributed by atoms with Gasteiger partial charge in [0.05, 0.1) is 17.3 Å². The van der Waals surface area contributed by atoms with Crippen molar-refractivity contribution < 1.29 is 4.79 Å². The largest absolute Gasteiger partial charge is 0.302 e. The number of carbonyl (C=O) groups excluding carboxylic acids is 1. The molecule has 0 spiro atoms. The van der Waals surface area contributed by atoms with Crippen molar-refractivity contribution in [2.45, 2.75) is 6.54 Å². The van der Waals surface area contributed by atoms with E-state index in [1.807, 2.05) is 30.3 Å². The second-order valence-corrected chi connectivity index (χ2v) is 6.05. The summed E-state index contributed by atoms with van der Waals surface area (Å²) in [5, 5.41) is 0.959. The van der Waals surface area contributed by atoms with Crippen molar-refractivity contribution in [3.05, 3.63) is 94.2 Å². The Labute approximate surface area is 150 Å². The zero-order valence-corrected chi connectivity index (χ0v) is 14.2. The zero-order valence-electron chi connectivity index (χ0n) is 12.7. The Bertz CT molecular complexity index is 839. The van der Waals surface area contributed by atoms with Crippen molar-refractivity contribution in [2.75, 3.05) is 4.90 Å². The van der Waals surface area contributed by atoms with Crippen molar-refractivity contribution >= 4 is 34.8 Å². The quantitative estimate of drug-likeness (QED) is 0.640. The van der Waals surface area contributed by atoms with Crippen molar-refractivity contribution in [1.29, 1.82) is 0 Å². The summed E-state index contributed by atoms with van der Waals surface area (Å²) in [6.07, 6.45) is 3.19. The molecule has 3 nitrogen and oxygen atoms in total. The van der Waals surface area contributed by atoms with Crippen molar-refractivity contribution in [3.8, 4) is 0 Å². The van der Waals surface area contributed by atoms with Gasteiger partial charge in [0, 0.05) is 23.0 Å². The lowest BCUT2D eigenvalue weighted by Gasteiger charge is -2.24. The molecule has 24 heavy (non-hydrogen) atoms. The number of aromatic nitrogens is 1. The maximum atomic E-state index is 13.0. The van der Waals surface area contributed by atoms with Crippen molar-refractivity contribution in [1.82, 2.24) is 4.98 Å². The average Bonchev–Trinajstić information content (AvgIpc) is 2.61. The fraction of sp³-hybridized carbons (Fsp3) is 0.0526. The first kappa shape index (κ1) is 16.5. The number of rotatable bonds is 4. The van der Waals surface area contributed by atoms with Gasteiger partial charge in [-0.1, -0.05) is 53.5 Å². The molecule has 0 aliphatic rings. The first-order valence-corrected chi connectivity index (χ1v) is 8.11. The van der Waals surface area contributed by atoms with Gasteiger partial charge in [-0.25, -0.2) is 0 Å². The van der Waals surface area contributed by atoms with Crippen LogP contribution in [0.15, 0.2) is 73.1 Å². The Kier molecular flexibility index (Phi) is 5.14. The summed E-state index contributed by atoms with van der Waals surface area (Å²) in [5.41, 5.74) is 2.17. The molecule has 3 rings (SSSR count). The topological polar surface area (TPSA) is 33.2 Å². The molecular formula is C19H14Cl2N2O. The Morgan fingerprint density at radius 1 is 0.958 bits per heavy atom. The number of anilines is 1. The molecule has 0 aliphatic heterocycles. The molecule has 1 aromatic heterocycles. The average molecular weight is 357 g/mol. The van der Waals surface area contributed by atoms with Gasteiger partial charge >= 0.3 is 0 Å². The summed E-state index contributed by atoms with van der Waals surface area (Å²) in [5.74, 6) is -0.148. The highest BCUT2D eigenvalue weighted by Gasteiger charge is 2.20. The first-order valence-electron chi connectivity index (χ1n) is 7.36. The van der Waals surface area contributed by atoms with Gasteiger partial charge in [0.1, 0.15) is 0 Å². The normalized spacial score (nSPS) is 10.4. The Balaban J connectivity index is 2.02. The molecule has 1 heterocycles. The van der Waals surface area contributed by atoms with E-state index in [-0.39, 0.29) is 5.91 Å². The van der Waals surface area contributed by atoms with E-state index in [2.05, 4.69) is 4.98 Å². The lowest BCUT2D eigenvalue weighted by Crippen LogP contribution is -2.30. The SMILES string of the molecule is O=C(c1ccncc1)N(Cc1ccccc1)c1ccc(Cl)cc1Cl. The van der Waals surface area contributed by atoms with Gasteiger partial charge < -0.3 is 4.90 Å². The summed E-state index contributed by atoms with van der Waals surface area (Å²) in [7, 11) is 0. The van der Waals surface area contributed by atoms with Gasteiger partial charge in [-0.15, -0.1) is 0 Å².